The smallest absolute Gasteiger partial charge is 0.153 e. The molecule has 0 atom stereocenters. The normalized spacial score (nSPS) is 35.6. The highest BCUT2D eigenvalue weighted by Crippen LogP contribution is 2.60. The fraction of sp³-hybridized carbons (Fsp3) is 0.611. The number of carbonyl (C=O) groups is 1. The minimum absolute atomic E-state index is 0.0212. The van der Waals surface area contributed by atoms with Crippen LogP contribution in [-0.2, 0) is 0 Å². The van der Waals surface area contributed by atoms with E-state index >= 15 is 0 Å². The molecule has 1 aromatic rings. The monoisotopic (exact) mass is 322 g/mol. The van der Waals surface area contributed by atoms with Gasteiger partial charge in [0.25, 0.3) is 0 Å². The zero-order valence-electron chi connectivity index (χ0n) is 12.5. The van der Waals surface area contributed by atoms with E-state index in [9.17, 15) is 9.18 Å². The lowest BCUT2D eigenvalue weighted by atomic mass is 9.50. The lowest BCUT2D eigenvalue weighted by Crippen LogP contribution is -2.48. The Hall–Kier alpha value is -1.09. The molecule has 4 fully saturated rings. The Labute approximate surface area is 135 Å². The third-order valence-corrected chi connectivity index (χ3v) is 6.17. The van der Waals surface area contributed by atoms with Crippen LogP contribution >= 0.6 is 11.6 Å². The number of ether oxygens (including phenoxy) is 1. The van der Waals surface area contributed by atoms with Crippen molar-refractivity contribution < 1.29 is 13.9 Å². The van der Waals surface area contributed by atoms with Crippen molar-refractivity contribution in [3.63, 3.8) is 0 Å². The standard InChI is InChI=1S/C18H20ClFO2/c19-15-4-14(9-21)16(20)5-17(15)22-10-18-6-11-1-12(7-18)3-13(2-11)8-18/h4-5,9,11-13H,1-3,6-8,10H2. The summed E-state index contributed by atoms with van der Waals surface area (Å²) in [6, 6.07) is 2.59. The summed E-state index contributed by atoms with van der Waals surface area (Å²) in [6.07, 6.45) is 8.38. The van der Waals surface area contributed by atoms with Gasteiger partial charge < -0.3 is 4.74 Å². The van der Waals surface area contributed by atoms with E-state index in [-0.39, 0.29) is 11.0 Å². The van der Waals surface area contributed by atoms with Crippen molar-refractivity contribution in [1.29, 1.82) is 0 Å². The third-order valence-electron chi connectivity index (χ3n) is 5.88. The van der Waals surface area contributed by atoms with E-state index in [2.05, 4.69) is 0 Å². The van der Waals surface area contributed by atoms with Gasteiger partial charge in [-0.25, -0.2) is 4.39 Å². The molecule has 0 aromatic heterocycles. The minimum atomic E-state index is -0.570. The predicted octanol–water partition coefficient (Wildman–Crippen LogP) is 4.89. The van der Waals surface area contributed by atoms with Crippen LogP contribution in [0.15, 0.2) is 12.1 Å². The Balaban J connectivity index is 1.51. The van der Waals surface area contributed by atoms with E-state index in [1.165, 1.54) is 50.7 Å². The van der Waals surface area contributed by atoms with Crippen LogP contribution < -0.4 is 4.74 Å². The minimum Gasteiger partial charge on any atom is -0.491 e. The number of aldehydes is 1. The summed E-state index contributed by atoms with van der Waals surface area (Å²) in [4.78, 5) is 10.7. The van der Waals surface area contributed by atoms with E-state index in [0.29, 0.717) is 23.7 Å². The lowest BCUT2D eigenvalue weighted by Gasteiger charge is -2.56. The molecule has 0 radical (unpaired) electrons. The van der Waals surface area contributed by atoms with E-state index in [1.54, 1.807) is 0 Å². The van der Waals surface area contributed by atoms with Crippen molar-refractivity contribution in [2.24, 2.45) is 23.2 Å². The second-order valence-corrected chi connectivity index (χ2v) is 8.04. The Morgan fingerprint density at radius 2 is 1.77 bits per heavy atom. The molecule has 0 aliphatic heterocycles. The summed E-state index contributed by atoms with van der Waals surface area (Å²) in [5.74, 6) is 2.37. The van der Waals surface area contributed by atoms with Crippen LogP contribution in [0.2, 0.25) is 5.02 Å². The highest BCUT2D eigenvalue weighted by Gasteiger charge is 2.51. The van der Waals surface area contributed by atoms with Gasteiger partial charge in [0.2, 0.25) is 0 Å². The van der Waals surface area contributed by atoms with Gasteiger partial charge >= 0.3 is 0 Å². The van der Waals surface area contributed by atoms with Gasteiger partial charge in [0.1, 0.15) is 11.6 Å². The Morgan fingerprint density at radius 1 is 1.18 bits per heavy atom. The Bertz CT molecular complexity index is 578. The lowest BCUT2D eigenvalue weighted by molar-refractivity contribution is -0.0745. The average molecular weight is 323 g/mol. The van der Waals surface area contributed by atoms with Crippen molar-refractivity contribution in [2.45, 2.75) is 38.5 Å². The van der Waals surface area contributed by atoms with E-state index < -0.39 is 5.82 Å². The fourth-order valence-electron chi connectivity index (χ4n) is 5.44. The van der Waals surface area contributed by atoms with Crippen LogP contribution in [0.5, 0.6) is 5.75 Å². The maximum Gasteiger partial charge on any atom is 0.153 e. The van der Waals surface area contributed by atoms with Gasteiger partial charge in [0.05, 0.1) is 17.2 Å². The number of carbonyl (C=O) groups excluding carboxylic acids is 1. The zero-order valence-corrected chi connectivity index (χ0v) is 13.2. The quantitative estimate of drug-likeness (QED) is 0.738. The molecule has 0 saturated heterocycles. The maximum absolute atomic E-state index is 13.7. The summed E-state index contributed by atoms with van der Waals surface area (Å²) in [5.41, 5.74) is 0.241. The Morgan fingerprint density at radius 3 is 2.32 bits per heavy atom. The molecule has 0 unspecified atom stereocenters. The third kappa shape index (κ3) is 2.44. The summed E-state index contributed by atoms with van der Waals surface area (Å²) in [7, 11) is 0. The van der Waals surface area contributed by atoms with Crippen LogP contribution in [0.1, 0.15) is 48.9 Å². The second-order valence-electron chi connectivity index (χ2n) is 7.63. The molecule has 4 heteroatoms. The summed E-state index contributed by atoms with van der Waals surface area (Å²) >= 11 is 6.12. The van der Waals surface area contributed by atoms with Gasteiger partial charge in [-0.15, -0.1) is 0 Å². The molecular weight excluding hydrogens is 303 g/mol. The van der Waals surface area contributed by atoms with E-state index in [4.69, 9.17) is 16.3 Å². The van der Waals surface area contributed by atoms with Gasteiger partial charge in [0, 0.05) is 11.5 Å². The first kappa shape index (κ1) is 14.5. The summed E-state index contributed by atoms with van der Waals surface area (Å²) in [5, 5.41) is 0.313. The summed E-state index contributed by atoms with van der Waals surface area (Å²) < 4.78 is 19.7. The molecule has 0 spiro atoms. The molecule has 4 aliphatic carbocycles. The molecular formula is C18H20ClFO2. The molecule has 118 valence electrons. The molecule has 2 nitrogen and oxygen atoms in total. The SMILES string of the molecule is O=Cc1cc(Cl)c(OCC23CC4CC(CC(C4)C2)C3)cc1F. The van der Waals surface area contributed by atoms with Gasteiger partial charge in [0.15, 0.2) is 6.29 Å². The molecule has 0 amide bonds. The molecule has 0 heterocycles. The first-order valence-corrected chi connectivity index (χ1v) is 8.52. The number of rotatable bonds is 4. The van der Waals surface area contributed by atoms with E-state index in [0.717, 1.165) is 17.8 Å². The van der Waals surface area contributed by atoms with Crippen LogP contribution in [0, 0.1) is 29.0 Å². The van der Waals surface area contributed by atoms with Crippen LogP contribution in [0.25, 0.3) is 0 Å². The topological polar surface area (TPSA) is 26.3 Å². The average Bonchev–Trinajstić information content (AvgIpc) is 2.46. The summed E-state index contributed by atoms with van der Waals surface area (Å²) in [6.45, 7) is 0.621. The first-order valence-electron chi connectivity index (χ1n) is 8.14. The van der Waals surface area contributed by atoms with Crippen molar-refractivity contribution >= 4 is 17.9 Å². The molecule has 4 saturated carbocycles. The Kier molecular flexibility index (Phi) is 3.44. The molecule has 0 N–H and O–H groups in total. The highest BCUT2D eigenvalue weighted by atomic mass is 35.5. The van der Waals surface area contributed by atoms with Gasteiger partial charge in [-0.2, -0.15) is 0 Å². The van der Waals surface area contributed by atoms with Crippen molar-refractivity contribution in [3.8, 4) is 5.75 Å². The number of hydrogen-bond donors (Lipinski definition) is 0. The van der Waals surface area contributed by atoms with Crippen molar-refractivity contribution in [3.05, 3.63) is 28.5 Å². The number of benzene rings is 1. The fourth-order valence-corrected chi connectivity index (χ4v) is 5.67. The maximum atomic E-state index is 13.7. The molecule has 1 aromatic carbocycles. The first-order chi connectivity index (χ1) is 10.6. The second kappa shape index (κ2) is 5.23. The molecule has 5 rings (SSSR count). The number of hydrogen-bond acceptors (Lipinski definition) is 2. The largest absolute Gasteiger partial charge is 0.491 e. The van der Waals surface area contributed by atoms with Crippen LogP contribution in [0.3, 0.4) is 0 Å². The predicted molar refractivity (Wildman–Crippen MR) is 82.9 cm³/mol. The molecule has 4 bridgehead atoms. The highest BCUT2D eigenvalue weighted by molar-refractivity contribution is 6.32. The van der Waals surface area contributed by atoms with Gasteiger partial charge in [-0.05, 0) is 62.3 Å². The van der Waals surface area contributed by atoms with E-state index in [1.807, 2.05) is 0 Å². The molecule has 22 heavy (non-hydrogen) atoms. The number of halogens is 2. The van der Waals surface area contributed by atoms with Crippen LogP contribution in [-0.4, -0.2) is 12.9 Å². The van der Waals surface area contributed by atoms with Gasteiger partial charge in [-0.1, -0.05) is 11.6 Å². The van der Waals surface area contributed by atoms with Crippen molar-refractivity contribution in [1.82, 2.24) is 0 Å². The van der Waals surface area contributed by atoms with Crippen LogP contribution in [0.4, 0.5) is 4.39 Å². The molecule has 4 aliphatic rings. The van der Waals surface area contributed by atoms with Crippen molar-refractivity contribution in [2.75, 3.05) is 6.61 Å². The zero-order chi connectivity index (χ0) is 15.3. The van der Waals surface area contributed by atoms with Gasteiger partial charge in [-0.3, -0.25) is 4.79 Å².